The highest BCUT2D eigenvalue weighted by Gasteiger charge is 2.20. The number of rotatable bonds is 3. The molecule has 0 aliphatic rings. The Labute approximate surface area is 86.6 Å². The summed E-state index contributed by atoms with van der Waals surface area (Å²) in [6.07, 6.45) is -0.278. The zero-order valence-corrected chi connectivity index (χ0v) is 10.0. The lowest BCUT2D eigenvalue weighted by Gasteiger charge is -2.26. The van der Waals surface area contributed by atoms with Crippen LogP contribution in [0.4, 0.5) is 4.79 Å². The average molecular weight is 202 g/mol. The third-order valence-electron chi connectivity index (χ3n) is 1.75. The highest BCUT2D eigenvalue weighted by Crippen LogP contribution is 2.09. The van der Waals surface area contributed by atoms with Gasteiger partial charge in [-0.1, -0.05) is 0 Å². The van der Waals surface area contributed by atoms with Crippen LogP contribution < -0.4 is 5.32 Å². The standard InChI is InChI=1S/C10H22N2O2/c1-8(11-5)7-12(6)9(13)14-10(2,3)4/h8,11H,7H2,1-6H3/t8-/m1/s1. The fourth-order valence-electron chi connectivity index (χ4n) is 0.916. The zero-order valence-electron chi connectivity index (χ0n) is 10.0. The number of ether oxygens (including phenoxy) is 1. The Kier molecular flexibility index (Phi) is 4.91. The molecule has 0 aliphatic carbocycles. The summed E-state index contributed by atoms with van der Waals surface area (Å²) in [6.45, 7) is 8.24. The van der Waals surface area contributed by atoms with Gasteiger partial charge in [0, 0.05) is 19.6 Å². The molecule has 0 aromatic rings. The van der Waals surface area contributed by atoms with Gasteiger partial charge in [-0.3, -0.25) is 0 Å². The average Bonchev–Trinajstić information content (AvgIpc) is 2.00. The van der Waals surface area contributed by atoms with E-state index in [0.717, 1.165) is 0 Å². The molecule has 1 amide bonds. The van der Waals surface area contributed by atoms with Crippen molar-refractivity contribution in [2.24, 2.45) is 0 Å². The topological polar surface area (TPSA) is 41.6 Å². The fraction of sp³-hybridized carbons (Fsp3) is 0.900. The molecule has 84 valence electrons. The molecule has 0 bridgehead atoms. The molecule has 0 spiro atoms. The molecule has 0 unspecified atom stereocenters. The van der Waals surface area contributed by atoms with Gasteiger partial charge in [0.05, 0.1) is 0 Å². The number of nitrogens with one attached hydrogen (secondary N) is 1. The third kappa shape index (κ3) is 5.80. The summed E-state index contributed by atoms with van der Waals surface area (Å²) in [5.74, 6) is 0. The molecule has 4 heteroatoms. The van der Waals surface area contributed by atoms with E-state index in [0.29, 0.717) is 6.54 Å². The summed E-state index contributed by atoms with van der Waals surface area (Å²) in [5, 5.41) is 3.06. The predicted molar refractivity (Wildman–Crippen MR) is 57.4 cm³/mol. The van der Waals surface area contributed by atoms with Gasteiger partial charge >= 0.3 is 6.09 Å². The van der Waals surface area contributed by atoms with Gasteiger partial charge in [0.25, 0.3) is 0 Å². The van der Waals surface area contributed by atoms with Gasteiger partial charge in [-0.25, -0.2) is 4.79 Å². The van der Waals surface area contributed by atoms with Gasteiger partial charge in [0.2, 0.25) is 0 Å². The zero-order chi connectivity index (χ0) is 11.4. The van der Waals surface area contributed by atoms with E-state index in [4.69, 9.17) is 4.74 Å². The predicted octanol–water partition coefficient (Wildman–Crippen LogP) is 1.46. The number of carbonyl (C=O) groups is 1. The number of amides is 1. The quantitative estimate of drug-likeness (QED) is 0.753. The summed E-state index contributed by atoms with van der Waals surface area (Å²) in [5.41, 5.74) is -0.422. The number of nitrogens with zero attached hydrogens (tertiary/aromatic N) is 1. The van der Waals surface area contributed by atoms with Gasteiger partial charge in [-0.15, -0.1) is 0 Å². The maximum atomic E-state index is 11.5. The van der Waals surface area contributed by atoms with Crippen LogP contribution in [0.2, 0.25) is 0 Å². The van der Waals surface area contributed by atoms with Crippen molar-refractivity contribution in [2.75, 3.05) is 20.6 Å². The lowest BCUT2D eigenvalue weighted by molar-refractivity contribution is 0.0287. The van der Waals surface area contributed by atoms with E-state index in [1.165, 1.54) is 0 Å². The summed E-state index contributed by atoms with van der Waals surface area (Å²) in [4.78, 5) is 13.1. The molecular formula is C10H22N2O2. The van der Waals surface area contributed by atoms with E-state index >= 15 is 0 Å². The Hall–Kier alpha value is -0.770. The minimum atomic E-state index is -0.422. The van der Waals surface area contributed by atoms with Gasteiger partial charge in [-0.05, 0) is 34.7 Å². The molecule has 0 aromatic heterocycles. The van der Waals surface area contributed by atoms with Gasteiger partial charge in [-0.2, -0.15) is 0 Å². The van der Waals surface area contributed by atoms with Crippen LogP contribution in [0, 0.1) is 0 Å². The summed E-state index contributed by atoms with van der Waals surface area (Å²) in [7, 11) is 3.61. The van der Waals surface area contributed by atoms with Crippen LogP contribution in [0.1, 0.15) is 27.7 Å². The van der Waals surface area contributed by atoms with Crippen molar-refractivity contribution >= 4 is 6.09 Å². The fourth-order valence-corrected chi connectivity index (χ4v) is 0.916. The van der Waals surface area contributed by atoms with Crippen molar-refractivity contribution in [3.8, 4) is 0 Å². The lowest BCUT2D eigenvalue weighted by Crippen LogP contribution is -2.41. The van der Waals surface area contributed by atoms with E-state index in [1.807, 2.05) is 34.7 Å². The van der Waals surface area contributed by atoms with Gasteiger partial charge < -0.3 is 15.0 Å². The molecule has 0 aromatic carbocycles. The van der Waals surface area contributed by atoms with E-state index in [-0.39, 0.29) is 12.1 Å². The Morgan fingerprint density at radius 1 is 1.50 bits per heavy atom. The van der Waals surface area contributed by atoms with Crippen LogP contribution in [0.5, 0.6) is 0 Å². The maximum absolute atomic E-state index is 11.5. The Morgan fingerprint density at radius 2 is 2.00 bits per heavy atom. The van der Waals surface area contributed by atoms with Crippen molar-refractivity contribution in [1.82, 2.24) is 10.2 Å². The first-order chi connectivity index (χ1) is 6.26. The minimum Gasteiger partial charge on any atom is -0.444 e. The largest absolute Gasteiger partial charge is 0.444 e. The molecule has 0 radical (unpaired) electrons. The highest BCUT2D eigenvalue weighted by molar-refractivity contribution is 5.67. The summed E-state index contributed by atoms with van der Waals surface area (Å²) < 4.78 is 5.20. The Morgan fingerprint density at radius 3 is 2.36 bits per heavy atom. The smallest absolute Gasteiger partial charge is 0.410 e. The van der Waals surface area contributed by atoms with Crippen molar-refractivity contribution in [1.29, 1.82) is 0 Å². The van der Waals surface area contributed by atoms with Gasteiger partial charge in [0.15, 0.2) is 0 Å². The van der Waals surface area contributed by atoms with Crippen molar-refractivity contribution in [3.05, 3.63) is 0 Å². The SMILES string of the molecule is CN[C@H](C)CN(C)C(=O)OC(C)(C)C. The van der Waals surface area contributed by atoms with Crippen molar-refractivity contribution in [3.63, 3.8) is 0 Å². The van der Waals surface area contributed by atoms with E-state index in [1.54, 1.807) is 11.9 Å². The first-order valence-electron chi connectivity index (χ1n) is 4.87. The Bertz CT molecular complexity index is 187. The van der Waals surface area contributed by atoms with Crippen LogP contribution in [0.15, 0.2) is 0 Å². The second-order valence-corrected chi connectivity index (χ2v) is 4.55. The number of hydrogen-bond acceptors (Lipinski definition) is 3. The summed E-state index contributed by atoms with van der Waals surface area (Å²) in [6, 6.07) is 0.271. The van der Waals surface area contributed by atoms with E-state index in [2.05, 4.69) is 5.32 Å². The highest BCUT2D eigenvalue weighted by atomic mass is 16.6. The molecule has 0 fully saturated rings. The van der Waals surface area contributed by atoms with Crippen LogP contribution in [0.25, 0.3) is 0 Å². The molecule has 4 nitrogen and oxygen atoms in total. The molecule has 14 heavy (non-hydrogen) atoms. The van der Waals surface area contributed by atoms with E-state index < -0.39 is 5.60 Å². The number of hydrogen-bond donors (Lipinski definition) is 1. The molecule has 1 N–H and O–H groups in total. The summed E-state index contributed by atoms with van der Waals surface area (Å²) >= 11 is 0. The van der Waals surface area contributed by atoms with Gasteiger partial charge in [0.1, 0.15) is 5.60 Å². The van der Waals surface area contributed by atoms with Crippen LogP contribution in [-0.2, 0) is 4.74 Å². The minimum absolute atomic E-state index is 0.271. The second-order valence-electron chi connectivity index (χ2n) is 4.55. The normalized spacial score (nSPS) is 13.6. The molecular weight excluding hydrogens is 180 g/mol. The lowest BCUT2D eigenvalue weighted by atomic mass is 10.2. The van der Waals surface area contributed by atoms with Crippen LogP contribution in [0.3, 0.4) is 0 Å². The Balaban J connectivity index is 4.00. The number of carbonyl (C=O) groups excluding carboxylic acids is 1. The molecule has 0 rings (SSSR count). The first-order valence-corrected chi connectivity index (χ1v) is 4.87. The van der Waals surface area contributed by atoms with E-state index in [9.17, 15) is 4.79 Å². The first kappa shape index (κ1) is 13.2. The number of likely N-dealkylation sites (N-methyl/N-ethyl adjacent to an activating group) is 2. The monoisotopic (exact) mass is 202 g/mol. The van der Waals surface area contributed by atoms with Crippen LogP contribution >= 0.6 is 0 Å². The second kappa shape index (κ2) is 5.20. The molecule has 0 heterocycles. The van der Waals surface area contributed by atoms with Crippen LogP contribution in [-0.4, -0.2) is 43.3 Å². The molecule has 0 saturated heterocycles. The molecule has 0 saturated carbocycles. The molecule has 1 atom stereocenters. The third-order valence-corrected chi connectivity index (χ3v) is 1.75. The molecule has 0 aliphatic heterocycles. The van der Waals surface area contributed by atoms with Crippen molar-refractivity contribution in [2.45, 2.75) is 39.3 Å². The van der Waals surface area contributed by atoms with Crippen molar-refractivity contribution < 1.29 is 9.53 Å². The maximum Gasteiger partial charge on any atom is 0.410 e.